The molecule has 18 heavy (non-hydrogen) atoms. The van der Waals surface area contributed by atoms with Gasteiger partial charge in [-0.15, -0.1) is 6.58 Å². The molecule has 0 unspecified atom stereocenters. The van der Waals surface area contributed by atoms with Gasteiger partial charge in [0.1, 0.15) is 18.8 Å². The highest BCUT2D eigenvalue weighted by Crippen LogP contribution is 2.28. The normalized spacial score (nSPS) is 22.4. The summed E-state index contributed by atoms with van der Waals surface area (Å²) in [5.74, 6) is 0.532. The topological polar surface area (TPSA) is 51.0 Å². The van der Waals surface area contributed by atoms with Crippen LogP contribution in [0.15, 0.2) is 48.0 Å². The first kappa shape index (κ1) is 12.8. The van der Waals surface area contributed by atoms with Crippen LogP contribution in [0.4, 0.5) is 0 Å². The smallest absolute Gasteiger partial charge is 0.211 e. The van der Waals surface area contributed by atoms with E-state index < -0.39 is 0 Å². The molecule has 0 amide bonds. The van der Waals surface area contributed by atoms with Crippen molar-refractivity contribution >= 4 is 5.90 Å². The van der Waals surface area contributed by atoms with Gasteiger partial charge in [-0.1, -0.05) is 36.4 Å². The number of benzene rings is 1. The van der Waals surface area contributed by atoms with Crippen molar-refractivity contribution in [1.29, 1.82) is 0 Å². The van der Waals surface area contributed by atoms with Crippen LogP contribution in [0.1, 0.15) is 11.7 Å². The summed E-state index contributed by atoms with van der Waals surface area (Å²) in [6, 6.07) is 9.52. The van der Waals surface area contributed by atoms with Gasteiger partial charge in [0.15, 0.2) is 0 Å². The molecule has 0 aliphatic carbocycles. The van der Waals surface area contributed by atoms with E-state index in [-0.39, 0.29) is 18.8 Å². The Labute approximate surface area is 107 Å². The molecule has 4 heteroatoms. The van der Waals surface area contributed by atoms with Gasteiger partial charge >= 0.3 is 0 Å². The molecule has 1 aliphatic rings. The Morgan fingerprint density at radius 1 is 1.39 bits per heavy atom. The van der Waals surface area contributed by atoms with Gasteiger partial charge < -0.3 is 14.6 Å². The number of aliphatic hydroxyl groups is 1. The largest absolute Gasteiger partial charge is 0.469 e. The molecule has 0 radical (unpaired) electrons. The number of hydrogen-bond acceptors (Lipinski definition) is 4. The van der Waals surface area contributed by atoms with Crippen LogP contribution in [0, 0.1) is 0 Å². The summed E-state index contributed by atoms with van der Waals surface area (Å²) in [4.78, 5) is 4.32. The average molecular weight is 247 g/mol. The van der Waals surface area contributed by atoms with Crippen molar-refractivity contribution in [2.75, 3.05) is 19.8 Å². The van der Waals surface area contributed by atoms with E-state index in [4.69, 9.17) is 9.47 Å². The van der Waals surface area contributed by atoms with Crippen molar-refractivity contribution in [2.24, 2.45) is 4.99 Å². The first-order valence-electron chi connectivity index (χ1n) is 5.93. The third-order valence-corrected chi connectivity index (χ3v) is 2.70. The predicted molar refractivity (Wildman–Crippen MR) is 69.6 cm³/mol. The lowest BCUT2D eigenvalue weighted by Crippen LogP contribution is -2.18. The van der Waals surface area contributed by atoms with Gasteiger partial charge in [-0.2, -0.15) is 0 Å². The molecule has 4 nitrogen and oxygen atoms in total. The molecule has 1 N–H and O–H groups in total. The molecule has 1 aliphatic heterocycles. The zero-order valence-corrected chi connectivity index (χ0v) is 10.2. The minimum atomic E-state index is -0.255. The van der Waals surface area contributed by atoms with Gasteiger partial charge in [-0.3, -0.25) is 0 Å². The molecule has 0 spiro atoms. The SMILES string of the molecule is C=CCOCC1=N[C@@H](CO)[C@H](c2ccccc2)O1. The van der Waals surface area contributed by atoms with E-state index in [1.807, 2.05) is 30.3 Å². The zero-order chi connectivity index (χ0) is 12.8. The summed E-state index contributed by atoms with van der Waals surface area (Å²) in [7, 11) is 0. The summed E-state index contributed by atoms with van der Waals surface area (Å²) in [6.07, 6.45) is 1.45. The van der Waals surface area contributed by atoms with Crippen molar-refractivity contribution in [2.45, 2.75) is 12.1 Å². The van der Waals surface area contributed by atoms with Crippen molar-refractivity contribution in [3.05, 3.63) is 48.6 Å². The zero-order valence-electron chi connectivity index (χ0n) is 10.2. The molecule has 1 heterocycles. The Morgan fingerprint density at radius 3 is 2.83 bits per heavy atom. The number of aliphatic imine (C=N–C) groups is 1. The monoisotopic (exact) mass is 247 g/mol. The number of hydrogen-bond donors (Lipinski definition) is 1. The van der Waals surface area contributed by atoms with Crippen LogP contribution in [0.25, 0.3) is 0 Å². The van der Waals surface area contributed by atoms with Crippen molar-refractivity contribution in [1.82, 2.24) is 0 Å². The fourth-order valence-corrected chi connectivity index (χ4v) is 1.88. The van der Waals surface area contributed by atoms with Gasteiger partial charge in [-0.25, -0.2) is 4.99 Å². The predicted octanol–water partition coefficient (Wildman–Crippen LogP) is 1.72. The van der Waals surface area contributed by atoms with Crippen LogP contribution in [0.3, 0.4) is 0 Å². The summed E-state index contributed by atoms with van der Waals surface area (Å²) < 4.78 is 11.0. The van der Waals surface area contributed by atoms with Gasteiger partial charge in [-0.05, 0) is 5.56 Å². The lowest BCUT2D eigenvalue weighted by atomic mass is 10.0. The van der Waals surface area contributed by atoms with Gasteiger partial charge in [0.2, 0.25) is 5.90 Å². The van der Waals surface area contributed by atoms with Gasteiger partial charge in [0.25, 0.3) is 0 Å². The number of ether oxygens (including phenoxy) is 2. The molecule has 0 fully saturated rings. The maximum atomic E-state index is 9.34. The molecule has 2 atom stereocenters. The lowest BCUT2D eigenvalue weighted by Gasteiger charge is -2.16. The van der Waals surface area contributed by atoms with Crippen LogP contribution in [0.5, 0.6) is 0 Å². The minimum Gasteiger partial charge on any atom is -0.469 e. The molecule has 96 valence electrons. The van der Waals surface area contributed by atoms with E-state index in [1.165, 1.54) is 0 Å². The van der Waals surface area contributed by atoms with Gasteiger partial charge in [0.05, 0.1) is 13.2 Å². The van der Waals surface area contributed by atoms with Crippen molar-refractivity contribution in [3.63, 3.8) is 0 Å². The van der Waals surface area contributed by atoms with Gasteiger partial charge in [0, 0.05) is 0 Å². The number of aliphatic hydroxyl groups excluding tert-OH is 1. The van der Waals surface area contributed by atoms with E-state index in [9.17, 15) is 5.11 Å². The Hall–Kier alpha value is -1.65. The average Bonchev–Trinajstić information content (AvgIpc) is 2.83. The van der Waals surface area contributed by atoms with Crippen LogP contribution in [-0.4, -0.2) is 36.9 Å². The first-order valence-corrected chi connectivity index (χ1v) is 5.93. The fourth-order valence-electron chi connectivity index (χ4n) is 1.88. The second-order valence-electron chi connectivity index (χ2n) is 4.03. The third-order valence-electron chi connectivity index (χ3n) is 2.70. The molecular formula is C14H17NO3. The van der Waals surface area contributed by atoms with E-state index in [2.05, 4.69) is 11.6 Å². The second-order valence-corrected chi connectivity index (χ2v) is 4.03. The summed E-state index contributed by atoms with van der Waals surface area (Å²) in [6.45, 7) is 4.31. The maximum Gasteiger partial charge on any atom is 0.211 e. The Kier molecular flexibility index (Phi) is 4.50. The highest BCUT2D eigenvalue weighted by Gasteiger charge is 2.31. The Bertz CT molecular complexity index is 416. The highest BCUT2D eigenvalue weighted by atomic mass is 16.5. The third kappa shape index (κ3) is 2.97. The molecule has 1 aromatic rings. The van der Waals surface area contributed by atoms with E-state index in [0.717, 1.165) is 5.56 Å². The summed E-state index contributed by atoms with van der Waals surface area (Å²) >= 11 is 0. The molecular weight excluding hydrogens is 230 g/mol. The quantitative estimate of drug-likeness (QED) is 0.615. The Balaban J connectivity index is 2.01. The summed E-state index contributed by atoms with van der Waals surface area (Å²) in [5, 5.41) is 9.34. The first-order chi connectivity index (χ1) is 8.85. The van der Waals surface area contributed by atoms with E-state index >= 15 is 0 Å². The van der Waals surface area contributed by atoms with Crippen LogP contribution in [0.2, 0.25) is 0 Å². The maximum absolute atomic E-state index is 9.34. The lowest BCUT2D eigenvalue weighted by molar-refractivity contribution is 0.130. The Morgan fingerprint density at radius 2 is 2.17 bits per heavy atom. The highest BCUT2D eigenvalue weighted by molar-refractivity contribution is 5.79. The molecule has 0 saturated heterocycles. The van der Waals surface area contributed by atoms with Crippen LogP contribution >= 0.6 is 0 Å². The van der Waals surface area contributed by atoms with Crippen LogP contribution in [-0.2, 0) is 9.47 Å². The molecule has 1 aromatic carbocycles. The molecule has 2 rings (SSSR count). The number of rotatable bonds is 6. The standard InChI is InChI=1S/C14H17NO3/c1-2-8-17-10-13-15-12(9-16)14(18-13)11-6-4-3-5-7-11/h2-7,12,14,16H,1,8-10H2/t12-,14-/m0/s1. The van der Waals surface area contributed by atoms with Crippen molar-refractivity contribution in [3.8, 4) is 0 Å². The molecule has 0 bridgehead atoms. The minimum absolute atomic E-state index is 0.0372. The molecule has 0 saturated carbocycles. The fraction of sp³-hybridized carbons (Fsp3) is 0.357. The van der Waals surface area contributed by atoms with E-state index in [1.54, 1.807) is 6.08 Å². The molecule has 0 aromatic heterocycles. The summed E-state index contributed by atoms with van der Waals surface area (Å²) in [5.41, 5.74) is 1.01. The van der Waals surface area contributed by atoms with Crippen molar-refractivity contribution < 1.29 is 14.6 Å². The van der Waals surface area contributed by atoms with Crippen LogP contribution < -0.4 is 0 Å². The van der Waals surface area contributed by atoms with E-state index in [0.29, 0.717) is 19.1 Å². The number of nitrogens with zero attached hydrogens (tertiary/aromatic N) is 1. The second kappa shape index (κ2) is 6.33.